The molecule has 0 aliphatic heterocycles. The van der Waals surface area contributed by atoms with Crippen LogP contribution in [0.25, 0.3) is 23.2 Å². The Balaban J connectivity index is 2.02. The van der Waals surface area contributed by atoms with Crippen molar-refractivity contribution in [3.63, 3.8) is 0 Å². The molecule has 28 heavy (non-hydrogen) atoms. The molecule has 0 fully saturated rings. The number of aryl methyl sites for hydroxylation is 1. The third-order valence-electron chi connectivity index (χ3n) is 3.75. The first-order valence-corrected chi connectivity index (χ1v) is 7.88. The van der Waals surface area contributed by atoms with Gasteiger partial charge in [-0.05, 0) is 42.8 Å². The summed E-state index contributed by atoms with van der Waals surface area (Å²) in [7, 11) is 0. The number of hydrogen-bond acceptors (Lipinski definition) is 4. The third kappa shape index (κ3) is 4.05. The van der Waals surface area contributed by atoms with E-state index in [4.69, 9.17) is 5.73 Å². The Kier molecular flexibility index (Phi) is 4.95. The predicted molar refractivity (Wildman–Crippen MR) is 92.8 cm³/mol. The monoisotopic (exact) mass is 391 g/mol. The molecule has 3 rings (SSSR count). The molecular formula is C18H13F4N5O. The highest BCUT2D eigenvalue weighted by Crippen LogP contribution is 2.32. The number of carbonyl (C=O) groups is 1. The lowest BCUT2D eigenvalue weighted by molar-refractivity contribution is -0.137. The molecule has 3 aromatic rings. The van der Waals surface area contributed by atoms with E-state index in [2.05, 4.69) is 15.1 Å². The summed E-state index contributed by atoms with van der Waals surface area (Å²) in [5, 5.41) is 4.03. The second-order valence-corrected chi connectivity index (χ2v) is 5.88. The molecule has 0 aliphatic rings. The van der Waals surface area contributed by atoms with Gasteiger partial charge in [-0.1, -0.05) is 0 Å². The van der Waals surface area contributed by atoms with Gasteiger partial charge < -0.3 is 5.73 Å². The van der Waals surface area contributed by atoms with Crippen LogP contribution in [0.3, 0.4) is 0 Å². The number of amides is 1. The van der Waals surface area contributed by atoms with Gasteiger partial charge in [0.1, 0.15) is 6.33 Å². The summed E-state index contributed by atoms with van der Waals surface area (Å²) in [5.41, 5.74) is 4.64. The molecule has 0 bridgehead atoms. The van der Waals surface area contributed by atoms with Crippen molar-refractivity contribution in [3.8, 4) is 11.4 Å². The molecule has 6 nitrogen and oxygen atoms in total. The molecule has 0 radical (unpaired) electrons. The van der Waals surface area contributed by atoms with Crippen molar-refractivity contribution in [1.82, 2.24) is 19.7 Å². The number of benzene rings is 1. The predicted octanol–water partition coefficient (Wildman–Crippen LogP) is 3.29. The fourth-order valence-corrected chi connectivity index (χ4v) is 2.53. The van der Waals surface area contributed by atoms with Gasteiger partial charge in [0.05, 0.1) is 11.1 Å². The Morgan fingerprint density at radius 1 is 1.21 bits per heavy atom. The summed E-state index contributed by atoms with van der Waals surface area (Å²) in [5.74, 6) is -1.83. The van der Waals surface area contributed by atoms with Gasteiger partial charge in [0, 0.05) is 23.5 Å². The maximum atomic E-state index is 13.9. The number of rotatable bonds is 4. The van der Waals surface area contributed by atoms with E-state index in [1.165, 1.54) is 37.6 Å². The number of alkyl halides is 3. The first-order chi connectivity index (χ1) is 13.1. The van der Waals surface area contributed by atoms with Gasteiger partial charge in [0.2, 0.25) is 5.95 Å². The first-order valence-electron chi connectivity index (χ1n) is 7.88. The molecule has 1 aromatic carbocycles. The van der Waals surface area contributed by atoms with Gasteiger partial charge in [-0.15, -0.1) is 5.10 Å². The molecule has 0 aliphatic carbocycles. The number of nitrogens with zero attached hydrogens (tertiary/aromatic N) is 4. The molecule has 0 saturated heterocycles. The molecule has 2 heterocycles. The Bertz CT molecular complexity index is 1070. The SMILES string of the molecule is Cc1cc(-c2ncn(/C=C(\C(N)=O)c3cccnc3F)n2)cc(C(F)(F)F)c1. The number of nitrogens with two attached hydrogens (primary N) is 1. The summed E-state index contributed by atoms with van der Waals surface area (Å²) >= 11 is 0. The van der Waals surface area contributed by atoms with Crippen LogP contribution in [0.4, 0.5) is 17.6 Å². The average Bonchev–Trinajstić information content (AvgIpc) is 3.08. The minimum absolute atomic E-state index is 0.000860. The van der Waals surface area contributed by atoms with Crippen molar-refractivity contribution in [2.75, 3.05) is 0 Å². The van der Waals surface area contributed by atoms with Crippen LogP contribution < -0.4 is 5.73 Å². The van der Waals surface area contributed by atoms with Crippen LogP contribution in [-0.2, 0) is 11.0 Å². The van der Waals surface area contributed by atoms with E-state index >= 15 is 0 Å². The molecule has 0 saturated carbocycles. The van der Waals surface area contributed by atoms with Crippen molar-refractivity contribution in [2.45, 2.75) is 13.1 Å². The fraction of sp³-hybridized carbons (Fsp3) is 0.111. The van der Waals surface area contributed by atoms with Crippen LogP contribution in [-0.4, -0.2) is 25.7 Å². The van der Waals surface area contributed by atoms with Crippen LogP contribution in [0.2, 0.25) is 0 Å². The lowest BCUT2D eigenvalue weighted by Crippen LogP contribution is -2.15. The van der Waals surface area contributed by atoms with Crippen LogP contribution in [0.1, 0.15) is 16.7 Å². The van der Waals surface area contributed by atoms with E-state index in [0.717, 1.165) is 23.0 Å². The van der Waals surface area contributed by atoms with Crippen molar-refractivity contribution < 1.29 is 22.4 Å². The summed E-state index contributed by atoms with van der Waals surface area (Å²) in [6.45, 7) is 1.52. The van der Waals surface area contributed by atoms with Gasteiger partial charge >= 0.3 is 6.18 Å². The Labute approximate surface area is 156 Å². The highest BCUT2D eigenvalue weighted by molar-refractivity contribution is 6.22. The Morgan fingerprint density at radius 3 is 2.61 bits per heavy atom. The zero-order chi connectivity index (χ0) is 20.5. The van der Waals surface area contributed by atoms with Crippen molar-refractivity contribution in [1.29, 1.82) is 0 Å². The molecule has 2 aromatic heterocycles. The number of aromatic nitrogens is 4. The highest BCUT2D eigenvalue weighted by atomic mass is 19.4. The minimum Gasteiger partial charge on any atom is -0.366 e. The number of halogens is 4. The van der Waals surface area contributed by atoms with Gasteiger partial charge in [0.15, 0.2) is 5.82 Å². The van der Waals surface area contributed by atoms with Crippen LogP contribution in [0, 0.1) is 12.9 Å². The van der Waals surface area contributed by atoms with Gasteiger partial charge in [-0.2, -0.15) is 17.6 Å². The number of carbonyl (C=O) groups excluding carboxylic acids is 1. The molecule has 0 atom stereocenters. The molecule has 144 valence electrons. The summed E-state index contributed by atoms with van der Waals surface area (Å²) in [6, 6.07) is 6.16. The first kappa shape index (κ1) is 19.2. The number of hydrogen-bond donors (Lipinski definition) is 1. The zero-order valence-electron chi connectivity index (χ0n) is 14.4. The van der Waals surface area contributed by atoms with Crippen molar-refractivity contribution >= 4 is 17.7 Å². The second kappa shape index (κ2) is 7.22. The van der Waals surface area contributed by atoms with Crippen LogP contribution in [0.5, 0.6) is 0 Å². The lowest BCUT2D eigenvalue weighted by Gasteiger charge is -2.09. The van der Waals surface area contributed by atoms with Crippen molar-refractivity contribution in [3.05, 3.63) is 65.5 Å². The fourth-order valence-electron chi connectivity index (χ4n) is 2.53. The summed E-state index contributed by atoms with van der Waals surface area (Å²) in [4.78, 5) is 19.1. The molecule has 0 spiro atoms. The zero-order valence-corrected chi connectivity index (χ0v) is 14.4. The van der Waals surface area contributed by atoms with E-state index in [-0.39, 0.29) is 22.5 Å². The molecule has 2 N–H and O–H groups in total. The third-order valence-corrected chi connectivity index (χ3v) is 3.75. The average molecular weight is 391 g/mol. The van der Waals surface area contributed by atoms with E-state index in [1.54, 1.807) is 0 Å². The smallest absolute Gasteiger partial charge is 0.366 e. The van der Waals surface area contributed by atoms with Crippen molar-refractivity contribution in [2.24, 2.45) is 5.73 Å². The van der Waals surface area contributed by atoms with Gasteiger partial charge in [-0.3, -0.25) is 4.79 Å². The number of primary amides is 1. The molecule has 0 unspecified atom stereocenters. The topological polar surface area (TPSA) is 86.7 Å². The van der Waals surface area contributed by atoms with E-state index in [9.17, 15) is 22.4 Å². The summed E-state index contributed by atoms with van der Waals surface area (Å²) < 4.78 is 53.9. The Hall–Kier alpha value is -3.56. The van der Waals surface area contributed by atoms with Crippen LogP contribution >= 0.6 is 0 Å². The lowest BCUT2D eigenvalue weighted by atomic mass is 10.1. The minimum atomic E-state index is -4.51. The van der Waals surface area contributed by atoms with Crippen LogP contribution in [0.15, 0.2) is 42.9 Å². The quantitative estimate of drug-likeness (QED) is 0.420. The standard InChI is InChI=1S/C18H13F4N5O/c1-10-5-11(7-12(6-10)18(20,21)22)17-25-9-27(26-17)8-14(16(23)28)13-3-2-4-24-15(13)19/h2-9H,1H3,(H2,23,28)/b14-8-. The second-order valence-electron chi connectivity index (χ2n) is 5.88. The molecule has 10 heteroatoms. The molecular weight excluding hydrogens is 378 g/mol. The number of pyridine rings is 1. The maximum Gasteiger partial charge on any atom is 0.416 e. The van der Waals surface area contributed by atoms with E-state index in [1.807, 2.05) is 0 Å². The Morgan fingerprint density at radius 2 is 1.96 bits per heavy atom. The summed E-state index contributed by atoms with van der Waals surface area (Å²) in [6.07, 6.45) is -1.01. The van der Waals surface area contributed by atoms with E-state index in [0.29, 0.717) is 5.56 Å². The highest BCUT2D eigenvalue weighted by Gasteiger charge is 2.31. The largest absolute Gasteiger partial charge is 0.416 e. The van der Waals surface area contributed by atoms with Gasteiger partial charge in [-0.25, -0.2) is 14.6 Å². The molecule has 1 amide bonds. The van der Waals surface area contributed by atoms with Gasteiger partial charge in [0.25, 0.3) is 5.91 Å². The maximum absolute atomic E-state index is 13.9. The normalized spacial score (nSPS) is 12.2. The van der Waals surface area contributed by atoms with E-state index < -0.39 is 23.6 Å².